The molecule has 2 N–H and O–H groups in total. The predicted octanol–water partition coefficient (Wildman–Crippen LogP) is 7.14. The van der Waals surface area contributed by atoms with E-state index in [-0.39, 0.29) is 22.6 Å². The van der Waals surface area contributed by atoms with Gasteiger partial charge in [0, 0.05) is 36.3 Å². The SMILES string of the molecule is CC1=C(c2ccc(O)c(Cl)c2)C(c2ccc(OC[C@H](C)N3CC/C(=C\F)C3)cc2)Oc2cc(O)ccc21. The molecule has 0 spiro atoms. The number of allylic oxidation sites excluding steroid dienone is 1. The van der Waals surface area contributed by atoms with Gasteiger partial charge in [0.05, 0.1) is 11.4 Å². The number of rotatable bonds is 6. The van der Waals surface area contributed by atoms with Crippen LogP contribution in [0.25, 0.3) is 11.1 Å². The molecule has 0 bridgehead atoms. The molecule has 1 saturated heterocycles. The molecule has 2 aliphatic rings. The Labute approximate surface area is 221 Å². The molecule has 3 aromatic rings. The van der Waals surface area contributed by atoms with E-state index in [0.29, 0.717) is 18.9 Å². The van der Waals surface area contributed by atoms with Crippen LogP contribution in [0.5, 0.6) is 23.0 Å². The Morgan fingerprint density at radius 3 is 2.62 bits per heavy atom. The van der Waals surface area contributed by atoms with Crippen molar-refractivity contribution in [3.8, 4) is 23.0 Å². The highest BCUT2D eigenvalue weighted by molar-refractivity contribution is 6.32. The van der Waals surface area contributed by atoms with Crippen LogP contribution in [0.2, 0.25) is 5.02 Å². The van der Waals surface area contributed by atoms with Crippen molar-refractivity contribution in [1.82, 2.24) is 4.90 Å². The van der Waals surface area contributed by atoms with Gasteiger partial charge in [0.1, 0.15) is 35.7 Å². The Kier molecular flexibility index (Phi) is 7.13. The third kappa shape index (κ3) is 5.17. The molecule has 2 heterocycles. The van der Waals surface area contributed by atoms with E-state index in [1.807, 2.05) is 43.3 Å². The number of phenolic OH excluding ortho intramolecular Hbond substituents is 2. The summed E-state index contributed by atoms with van der Waals surface area (Å²) in [6.45, 7) is 6.08. The van der Waals surface area contributed by atoms with Crippen LogP contribution >= 0.6 is 11.6 Å². The van der Waals surface area contributed by atoms with E-state index in [2.05, 4.69) is 11.8 Å². The Bertz CT molecular complexity index is 1370. The maximum absolute atomic E-state index is 12.8. The van der Waals surface area contributed by atoms with Gasteiger partial charge in [-0.25, -0.2) is 4.39 Å². The molecule has 2 atom stereocenters. The Morgan fingerprint density at radius 1 is 1.14 bits per heavy atom. The van der Waals surface area contributed by atoms with Crippen molar-refractivity contribution in [3.05, 3.63) is 94.3 Å². The Hall–Kier alpha value is -3.48. The molecule has 5 rings (SSSR count). The van der Waals surface area contributed by atoms with Crippen molar-refractivity contribution in [3.63, 3.8) is 0 Å². The van der Waals surface area contributed by atoms with Gasteiger partial charge in [-0.15, -0.1) is 0 Å². The summed E-state index contributed by atoms with van der Waals surface area (Å²) >= 11 is 6.25. The zero-order valence-corrected chi connectivity index (χ0v) is 21.5. The number of likely N-dealkylation sites (tertiary alicyclic amines) is 1. The van der Waals surface area contributed by atoms with Crippen molar-refractivity contribution < 1.29 is 24.1 Å². The summed E-state index contributed by atoms with van der Waals surface area (Å²) in [6.07, 6.45) is 1.02. The molecule has 7 heteroatoms. The lowest BCUT2D eigenvalue weighted by Crippen LogP contribution is -2.35. The smallest absolute Gasteiger partial charge is 0.150 e. The largest absolute Gasteiger partial charge is 0.508 e. The van der Waals surface area contributed by atoms with Crippen molar-refractivity contribution in [2.24, 2.45) is 0 Å². The van der Waals surface area contributed by atoms with Gasteiger partial charge in [0.25, 0.3) is 0 Å². The summed E-state index contributed by atoms with van der Waals surface area (Å²) < 4.78 is 25.3. The highest BCUT2D eigenvalue weighted by Gasteiger charge is 2.30. The molecule has 2 aliphatic heterocycles. The van der Waals surface area contributed by atoms with Crippen LogP contribution in [0.4, 0.5) is 4.39 Å². The fourth-order valence-corrected chi connectivity index (χ4v) is 5.14. The van der Waals surface area contributed by atoms with Gasteiger partial charge in [0.15, 0.2) is 0 Å². The van der Waals surface area contributed by atoms with Crippen LogP contribution in [0.3, 0.4) is 0 Å². The molecule has 0 aromatic heterocycles. The average Bonchev–Trinajstić information content (AvgIpc) is 3.39. The summed E-state index contributed by atoms with van der Waals surface area (Å²) in [5, 5.41) is 20.3. The highest BCUT2D eigenvalue weighted by Crippen LogP contribution is 2.48. The number of halogens is 2. The van der Waals surface area contributed by atoms with Gasteiger partial charge < -0.3 is 19.7 Å². The number of fused-ring (bicyclic) bond motifs is 1. The second kappa shape index (κ2) is 10.5. The van der Waals surface area contributed by atoms with Gasteiger partial charge in [-0.2, -0.15) is 0 Å². The normalized spacial score (nSPS) is 19.6. The second-order valence-electron chi connectivity index (χ2n) is 9.60. The summed E-state index contributed by atoms with van der Waals surface area (Å²) in [6, 6.07) is 18.1. The van der Waals surface area contributed by atoms with E-state index in [9.17, 15) is 14.6 Å². The first kappa shape index (κ1) is 25.2. The lowest BCUT2D eigenvalue weighted by atomic mass is 9.86. The van der Waals surface area contributed by atoms with Crippen molar-refractivity contribution in [2.45, 2.75) is 32.4 Å². The van der Waals surface area contributed by atoms with Crippen LogP contribution in [0.1, 0.15) is 43.1 Å². The molecule has 3 aromatic carbocycles. The molecular weight excluding hydrogens is 493 g/mol. The third-order valence-electron chi connectivity index (χ3n) is 7.12. The molecule has 5 nitrogen and oxygen atoms in total. The maximum atomic E-state index is 12.8. The summed E-state index contributed by atoms with van der Waals surface area (Å²) in [5.41, 5.74) is 5.38. The maximum Gasteiger partial charge on any atom is 0.150 e. The lowest BCUT2D eigenvalue weighted by molar-refractivity contribution is 0.175. The number of ether oxygens (including phenoxy) is 2. The molecule has 1 fully saturated rings. The molecular formula is C30H29ClFNO4. The van der Waals surface area contributed by atoms with E-state index in [1.54, 1.807) is 24.3 Å². The first-order valence-electron chi connectivity index (χ1n) is 12.3. The minimum atomic E-state index is -0.460. The number of benzene rings is 3. The fraction of sp³-hybridized carbons (Fsp3) is 0.267. The number of aromatic hydroxyl groups is 2. The van der Waals surface area contributed by atoms with Crippen molar-refractivity contribution >= 4 is 22.7 Å². The summed E-state index contributed by atoms with van der Waals surface area (Å²) in [4.78, 5) is 2.21. The third-order valence-corrected chi connectivity index (χ3v) is 7.42. The van der Waals surface area contributed by atoms with E-state index in [1.165, 1.54) is 0 Å². The van der Waals surface area contributed by atoms with E-state index in [4.69, 9.17) is 21.1 Å². The zero-order valence-electron chi connectivity index (χ0n) is 20.7. The van der Waals surface area contributed by atoms with Crippen molar-refractivity contribution in [1.29, 1.82) is 0 Å². The van der Waals surface area contributed by atoms with Gasteiger partial charge in [-0.3, -0.25) is 4.90 Å². The zero-order chi connectivity index (χ0) is 26.1. The standard InChI is InChI=1S/C30H29ClFNO4/c1-18(33-12-11-20(15-32)16-33)17-36-24-7-3-21(4-8-24)30-29(22-5-10-27(35)26(31)13-22)19(2)25-9-6-23(34)14-28(25)37-30/h3-10,13-15,18,30,34-35H,11-12,16-17H2,1-2H3/b20-15+/t18-,30?/m0/s1. The molecule has 0 radical (unpaired) electrons. The first-order chi connectivity index (χ1) is 17.8. The van der Waals surface area contributed by atoms with Crippen molar-refractivity contribution in [2.75, 3.05) is 19.7 Å². The summed E-state index contributed by atoms with van der Waals surface area (Å²) in [5.74, 6) is 1.48. The molecule has 1 unspecified atom stereocenters. The Morgan fingerprint density at radius 2 is 1.92 bits per heavy atom. The van der Waals surface area contributed by atoms with Crippen LogP contribution in [0, 0.1) is 0 Å². The van der Waals surface area contributed by atoms with Gasteiger partial charge in [0.2, 0.25) is 0 Å². The second-order valence-corrected chi connectivity index (χ2v) is 10.0. The minimum Gasteiger partial charge on any atom is -0.508 e. The monoisotopic (exact) mass is 521 g/mol. The van der Waals surface area contributed by atoms with Crippen LogP contribution in [-0.2, 0) is 0 Å². The molecule has 0 amide bonds. The molecule has 0 saturated carbocycles. The average molecular weight is 522 g/mol. The summed E-state index contributed by atoms with van der Waals surface area (Å²) in [7, 11) is 0. The lowest BCUT2D eigenvalue weighted by Gasteiger charge is -2.31. The first-order valence-corrected chi connectivity index (χ1v) is 12.7. The topological polar surface area (TPSA) is 62.2 Å². The van der Waals surface area contributed by atoms with Crippen LogP contribution < -0.4 is 9.47 Å². The number of hydrogen-bond acceptors (Lipinski definition) is 5. The highest BCUT2D eigenvalue weighted by atomic mass is 35.5. The Balaban J connectivity index is 1.40. The van der Waals surface area contributed by atoms with Crippen LogP contribution in [-0.4, -0.2) is 40.9 Å². The number of hydrogen-bond donors (Lipinski definition) is 2. The predicted molar refractivity (Wildman–Crippen MR) is 144 cm³/mol. The van der Waals surface area contributed by atoms with E-state index < -0.39 is 6.10 Å². The van der Waals surface area contributed by atoms with Gasteiger partial charge >= 0.3 is 0 Å². The fourth-order valence-electron chi connectivity index (χ4n) is 4.96. The van der Waals surface area contributed by atoms with Crippen LogP contribution in [0.15, 0.2) is 72.6 Å². The molecule has 0 aliphatic carbocycles. The molecule has 192 valence electrons. The van der Waals surface area contributed by atoms with E-state index >= 15 is 0 Å². The van der Waals surface area contributed by atoms with Gasteiger partial charge in [-0.05, 0) is 78.9 Å². The minimum absolute atomic E-state index is 0.0175. The number of nitrogens with zero attached hydrogens (tertiary/aromatic N) is 1. The number of phenols is 2. The quantitative estimate of drug-likeness (QED) is 0.361. The molecule has 37 heavy (non-hydrogen) atoms. The van der Waals surface area contributed by atoms with E-state index in [0.717, 1.165) is 58.5 Å². The van der Waals surface area contributed by atoms with Gasteiger partial charge in [-0.1, -0.05) is 29.8 Å².